The summed E-state index contributed by atoms with van der Waals surface area (Å²) in [7, 11) is 0. The number of hydrogen-bond acceptors (Lipinski definition) is 2. The quantitative estimate of drug-likeness (QED) is 0.735. The van der Waals surface area contributed by atoms with Crippen molar-refractivity contribution >= 4 is 0 Å². The molecule has 0 saturated carbocycles. The Labute approximate surface area is 92.1 Å². The van der Waals surface area contributed by atoms with Gasteiger partial charge in [-0.05, 0) is 17.4 Å². The highest BCUT2D eigenvalue weighted by Gasteiger charge is 2.32. The zero-order chi connectivity index (χ0) is 10.9. The summed E-state index contributed by atoms with van der Waals surface area (Å²) in [6.07, 6.45) is 1.16. The van der Waals surface area contributed by atoms with Crippen molar-refractivity contribution < 1.29 is 0 Å². The largest absolute Gasteiger partial charge is 0.254 e. The summed E-state index contributed by atoms with van der Waals surface area (Å²) in [5.41, 5.74) is 8.46. The van der Waals surface area contributed by atoms with Gasteiger partial charge in [0.2, 0.25) is 0 Å². The lowest BCUT2D eigenvalue weighted by Crippen LogP contribution is -2.39. The van der Waals surface area contributed by atoms with Crippen molar-refractivity contribution in [3.63, 3.8) is 0 Å². The summed E-state index contributed by atoms with van der Waals surface area (Å²) in [6.45, 7) is 6.83. The van der Waals surface area contributed by atoms with Gasteiger partial charge in [0.15, 0.2) is 0 Å². The van der Waals surface area contributed by atoms with Gasteiger partial charge in [0.1, 0.15) is 0 Å². The van der Waals surface area contributed by atoms with Gasteiger partial charge in [-0.15, -0.1) is 0 Å². The number of hydrazine groups is 1. The van der Waals surface area contributed by atoms with Gasteiger partial charge in [-0.3, -0.25) is 5.43 Å². The molecule has 0 aromatic heterocycles. The number of nitrogens with one attached hydrogen (secondary N) is 2. The Morgan fingerprint density at radius 1 is 1.07 bits per heavy atom. The summed E-state index contributed by atoms with van der Waals surface area (Å²) in [4.78, 5) is 0. The summed E-state index contributed by atoms with van der Waals surface area (Å²) in [5.74, 6) is 0. The van der Waals surface area contributed by atoms with Crippen molar-refractivity contribution in [1.82, 2.24) is 10.9 Å². The van der Waals surface area contributed by atoms with Gasteiger partial charge in [0.05, 0.1) is 0 Å². The van der Waals surface area contributed by atoms with E-state index in [4.69, 9.17) is 0 Å². The van der Waals surface area contributed by atoms with Crippen LogP contribution in [-0.4, -0.2) is 6.04 Å². The molecule has 0 radical (unpaired) electrons. The minimum Gasteiger partial charge on any atom is -0.254 e. The van der Waals surface area contributed by atoms with Crippen LogP contribution in [0.15, 0.2) is 30.3 Å². The molecule has 1 saturated heterocycles. The molecule has 1 aromatic carbocycles. The Balaban J connectivity index is 2.05. The van der Waals surface area contributed by atoms with E-state index in [1.54, 1.807) is 0 Å². The van der Waals surface area contributed by atoms with Crippen molar-refractivity contribution in [3.05, 3.63) is 35.9 Å². The van der Waals surface area contributed by atoms with E-state index in [0.717, 1.165) is 6.42 Å². The van der Waals surface area contributed by atoms with Crippen LogP contribution in [0.3, 0.4) is 0 Å². The molecule has 2 atom stereocenters. The van der Waals surface area contributed by atoms with Gasteiger partial charge >= 0.3 is 0 Å². The van der Waals surface area contributed by atoms with E-state index >= 15 is 0 Å². The van der Waals surface area contributed by atoms with Gasteiger partial charge in [0.25, 0.3) is 0 Å². The van der Waals surface area contributed by atoms with Crippen LogP contribution in [0.25, 0.3) is 0 Å². The molecule has 82 valence electrons. The fourth-order valence-corrected chi connectivity index (χ4v) is 2.03. The predicted molar refractivity (Wildman–Crippen MR) is 63.3 cm³/mol. The minimum atomic E-state index is 0.316. The third-order valence-electron chi connectivity index (χ3n) is 3.15. The van der Waals surface area contributed by atoms with Crippen LogP contribution in [0, 0.1) is 5.41 Å². The monoisotopic (exact) mass is 204 g/mol. The molecule has 2 heteroatoms. The highest BCUT2D eigenvalue weighted by molar-refractivity contribution is 5.20. The van der Waals surface area contributed by atoms with Crippen LogP contribution in [0.4, 0.5) is 0 Å². The van der Waals surface area contributed by atoms with Crippen molar-refractivity contribution in [1.29, 1.82) is 0 Å². The van der Waals surface area contributed by atoms with Crippen LogP contribution in [0.1, 0.15) is 38.8 Å². The molecule has 1 aromatic rings. The minimum absolute atomic E-state index is 0.316. The van der Waals surface area contributed by atoms with E-state index < -0.39 is 0 Å². The Morgan fingerprint density at radius 2 is 1.73 bits per heavy atom. The molecule has 0 amide bonds. The number of benzene rings is 1. The van der Waals surface area contributed by atoms with Crippen LogP contribution in [0.2, 0.25) is 0 Å². The molecule has 1 aliphatic heterocycles. The second-order valence-corrected chi connectivity index (χ2v) is 5.41. The zero-order valence-electron chi connectivity index (χ0n) is 9.75. The molecule has 1 aliphatic rings. The lowest BCUT2D eigenvalue weighted by atomic mass is 9.84. The third kappa shape index (κ3) is 2.39. The smallest absolute Gasteiger partial charge is 0.0478 e. The predicted octanol–water partition coefficient (Wildman–Crippen LogP) is 2.64. The summed E-state index contributed by atoms with van der Waals surface area (Å²) >= 11 is 0. The average Bonchev–Trinajstić information content (AvgIpc) is 2.67. The molecule has 0 spiro atoms. The Hall–Kier alpha value is -0.860. The Morgan fingerprint density at radius 3 is 2.27 bits per heavy atom. The summed E-state index contributed by atoms with van der Waals surface area (Å²) < 4.78 is 0. The highest BCUT2D eigenvalue weighted by atomic mass is 15.4. The van der Waals surface area contributed by atoms with Gasteiger partial charge in [0, 0.05) is 12.1 Å². The standard InChI is InChI=1S/C13H20N2/c1-13(2,3)12-9-11(14-15-12)10-7-5-4-6-8-10/h4-8,11-12,14-15H,9H2,1-3H3. The molecule has 2 nitrogen and oxygen atoms in total. The fraction of sp³-hybridized carbons (Fsp3) is 0.538. The summed E-state index contributed by atoms with van der Waals surface area (Å²) in [5, 5.41) is 0. The average molecular weight is 204 g/mol. The molecular weight excluding hydrogens is 184 g/mol. The summed E-state index contributed by atoms with van der Waals surface area (Å²) in [6, 6.07) is 11.6. The Bertz CT molecular complexity index is 313. The van der Waals surface area contributed by atoms with E-state index in [0.29, 0.717) is 17.5 Å². The van der Waals surface area contributed by atoms with Crippen molar-refractivity contribution in [2.24, 2.45) is 5.41 Å². The van der Waals surface area contributed by atoms with Crippen LogP contribution >= 0.6 is 0 Å². The molecular formula is C13H20N2. The van der Waals surface area contributed by atoms with E-state index in [1.165, 1.54) is 5.56 Å². The Kier molecular flexibility index (Phi) is 2.81. The first-order valence-corrected chi connectivity index (χ1v) is 5.63. The van der Waals surface area contributed by atoms with Crippen molar-refractivity contribution in [2.75, 3.05) is 0 Å². The van der Waals surface area contributed by atoms with E-state index in [1.807, 2.05) is 0 Å². The van der Waals surface area contributed by atoms with Crippen molar-refractivity contribution in [2.45, 2.75) is 39.3 Å². The third-order valence-corrected chi connectivity index (χ3v) is 3.15. The molecule has 0 bridgehead atoms. The molecule has 2 rings (SSSR count). The second-order valence-electron chi connectivity index (χ2n) is 5.41. The van der Waals surface area contributed by atoms with Gasteiger partial charge in [-0.25, -0.2) is 5.43 Å². The van der Waals surface area contributed by atoms with Crippen molar-refractivity contribution in [3.8, 4) is 0 Å². The molecule has 1 heterocycles. The molecule has 2 N–H and O–H groups in total. The van der Waals surface area contributed by atoms with Crippen LogP contribution in [-0.2, 0) is 0 Å². The molecule has 15 heavy (non-hydrogen) atoms. The van der Waals surface area contributed by atoms with E-state index in [2.05, 4.69) is 62.0 Å². The number of rotatable bonds is 1. The van der Waals surface area contributed by atoms with E-state index in [-0.39, 0.29) is 0 Å². The lowest BCUT2D eigenvalue weighted by molar-refractivity contribution is 0.286. The molecule has 2 unspecified atom stereocenters. The maximum Gasteiger partial charge on any atom is 0.0478 e. The normalized spacial score (nSPS) is 26.9. The van der Waals surface area contributed by atoms with Gasteiger partial charge in [-0.2, -0.15) is 0 Å². The molecule has 1 fully saturated rings. The van der Waals surface area contributed by atoms with Gasteiger partial charge in [-0.1, -0.05) is 51.1 Å². The first-order chi connectivity index (χ1) is 7.07. The SMILES string of the molecule is CC(C)(C)C1CC(c2ccccc2)NN1. The molecule has 0 aliphatic carbocycles. The number of hydrogen-bond donors (Lipinski definition) is 2. The fourth-order valence-electron chi connectivity index (χ4n) is 2.03. The van der Waals surface area contributed by atoms with Gasteiger partial charge < -0.3 is 0 Å². The zero-order valence-corrected chi connectivity index (χ0v) is 9.75. The lowest BCUT2D eigenvalue weighted by Gasteiger charge is -2.26. The maximum atomic E-state index is 3.40. The maximum absolute atomic E-state index is 3.40. The first kappa shape index (κ1) is 10.7. The first-order valence-electron chi connectivity index (χ1n) is 5.63. The highest BCUT2D eigenvalue weighted by Crippen LogP contribution is 2.31. The topological polar surface area (TPSA) is 24.1 Å². The van der Waals surface area contributed by atoms with Crippen LogP contribution < -0.4 is 10.9 Å². The second kappa shape index (κ2) is 3.95. The van der Waals surface area contributed by atoms with E-state index in [9.17, 15) is 0 Å². The van der Waals surface area contributed by atoms with Crippen LogP contribution in [0.5, 0.6) is 0 Å².